The summed E-state index contributed by atoms with van der Waals surface area (Å²) in [5, 5.41) is 2.74. The normalized spacial score (nSPS) is 17.0. The lowest BCUT2D eigenvalue weighted by atomic mass is 9.94. The summed E-state index contributed by atoms with van der Waals surface area (Å²) in [5.41, 5.74) is 1.93. The topological polar surface area (TPSA) is 61.9 Å². The fraction of sp³-hybridized carbons (Fsp3) is 0.391. The molecule has 2 aromatic carbocycles. The number of nitrogens with zero attached hydrogens (tertiary/aromatic N) is 2. The number of carbonyl (C=O) groups is 2. The van der Waals surface area contributed by atoms with E-state index in [0.717, 1.165) is 12.8 Å². The summed E-state index contributed by atoms with van der Waals surface area (Å²) in [6.45, 7) is 0.779. The second-order valence-corrected chi connectivity index (χ2v) is 7.84. The van der Waals surface area contributed by atoms with Crippen LogP contribution in [0.25, 0.3) is 0 Å². The van der Waals surface area contributed by atoms with Gasteiger partial charge in [-0.1, -0.05) is 25.3 Å². The minimum atomic E-state index is -0.424. The summed E-state index contributed by atoms with van der Waals surface area (Å²) < 4.78 is 19.7. The predicted octanol–water partition coefficient (Wildman–Crippen LogP) is 4.80. The van der Waals surface area contributed by atoms with Crippen LogP contribution in [0.5, 0.6) is 0 Å². The molecule has 0 atom stereocenters. The van der Waals surface area contributed by atoms with Crippen LogP contribution in [0, 0.1) is 5.82 Å². The van der Waals surface area contributed by atoms with E-state index in [-0.39, 0.29) is 11.7 Å². The van der Waals surface area contributed by atoms with Crippen molar-refractivity contribution in [2.45, 2.75) is 38.1 Å². The summed E-state index contributed by atoms with van der Waals surface area (Å²) >= 11 is 0. The lowest BCUT2D eigenvalue weighted by molar-refractivity contribution is 0.102. The Labute approximate surface area is 175 Å². The third-order valence-electron chi connectivity index (χ3n) is 5.89. The number of benzene rings is 2. The summed E-state index contributed by atoms with van der Waals surface area (Å²) in [7, 11) is 1.93. The Morgan fingerprint density at radius 2 is 1.97 bits per heavy atom. The van der Waals surface area contributed by atoms with E-state index >= 15 is 0 Å². The Morgan fingerprint density at radius 3 is 2.67 bits per heavy atom. The van der Waals surface area contributed by atoms with Gasteiger partial charge in [0.2, 0.25) is 0 Å². The molecule has 158 valence electrons. The zero-order valence-electron chi connectivity index (χ0n) is 17.1. The number of anilines is 3. The number of rotatable bonds is 5. The molecule has 1 saturated carbocycles. The Morgan fingerprint density at radius 1 is 1.17 bits per heavy atom. The Kier molecular flexibility index (Phi) is 5.88. The molecule has 2 aliphatic rings. The van der Waals surface area contributed by atoms with Gasteiger partial charge in [0.05, 0.1) is 12.2 Å². The minimum Gasteiger partial charge on any atom is -0.447 e. The maximum absolute atomic E-state index is 14.8. The van der Waals surface area contributed by atoms with Crippen LogP contribution in [-0.2, 0) is 4.74 Å². The van der Waals surface area contributed by atoms with Gasteiger partial charge in [0.25, 0.3) is 5.91 Å². The predicted molar refractivity (Wildman–Crippen MR) is 115 cm³/mol. The highest BCUT2D eigenvalue weighted by Crippen LogP contribution is 2.29. The van der Waals surface area contributed by atoms with Gasteiger partial charge >= 0.3 is 6.09 Å². The van der Waals surface area contributed by atoms with Crippen LogP contribution in [0.4, 0.5) is 26.2 Å². The van der Waals surface area contributed by atoms with Crippen LogP contribution in [-0.4, -0.2) is 38.2 Å². The van der Waals surface area contributed by atoms with Crippen molar-refractivity contribution in [2.75, 3.05) is 35.3 Å². The molecule has 2 fully saturated rings. The van der Waals surface area contributed by atoms with Gasteiger partial charge in [-0.2, -0.15) is 0 Å². The molecule has 2 aromatic rings. The second-order valence-electron chi connectivity index (χ2n) is 7.84. The zero-order chi connectivity index (χ0) is 21.1. The van der Waals surface area contributed by atoms with Crippen molar-refractivity contribution in [3.8, 4) is 0 Å². The first-order valence-corrected chi connectivity index (χ1v) is 10.4. The summed E-state index contributed by atoms with van der Waals surface area (Å²) in [4.78, 5) is 27.9. The van der Waals surface area contributed by atoms with E-state index in [1.807, 2.05) is 11.9 Å². The number of halogens is 1. The molecule has 30 heavy (non-hydrogen) atoms. The quantitative estimate of drug-likeness (QED) is 0.768. The number of cyclic esters (lactones) is 1. The minimum absolute atomic E-state index is 0.330. The summed E-state index contributed by atoms with van der Waals surface area (Å²) in [6, 6.07) is 11.9. The van der Waals surface area contributed by atoms with E-state index in [9.17, 15) is 14.0 Å². The van der Waals surface area contributed by atoms with Crippen LogP contribution in [0.3, 0.4) is 0 Å². The highest BCUT2D eigenvalue weighted by molar-refractivity contribution is 6.05. The van der Waals surface area contributed by atoms with Gasteiger partial charge in [-0.15, -0.1) is 0 Å². The first-order chi connectivity index (χ1) is 14.5. The van der Waals surface area contributed by atoms with Gasteiger partial charge in [-0.3, -0.25) is 9.69 Å². The van der Waals surface area contributed by atoms with E-state index in [4.69, 9.17) is 4.74 Å². The molecule has 6 nitrogen and oxygen atoms in total. The van der Waals surface area contributed by atoms with Crippen LogP contribution < -0.4 is 15.1 Å². The first-order valence-electron chi connectivity index (χ1n) is 10.4. The van der Waals surface area contributed by atoms with Crippen molar-refractivity contribution in [2.24, 2.45) is 0 Å². The van der Waals surface area contributed by atoms with E-state index in [1.165, 1.54) is 30.2 Å². The van der Waals surface area contributed by atoms with Gasteiger partial charge in [0.1, 0.15) is 12.4 Å². The van der Waals surface area contributed by atoms with E-state index in [2.05, 4.69) is 5.32 Å². The Bertz CT molecular complexity index is 943. The van der Waals surface area contributed by atoms with Crippen LogP contribution in [0.15, 0.2) is 42.5 Å². The molecule has 1 N–H and O–H groups in total. The summed E-state index contributed by atoms with van der Waals surface area (Å²) in [5.74, 6) is -0.716. The molecule has 0 bridgehead atoms. The molecule has 0 radical (unpaired) electrons. The Balaban J connectivity index is 1.46. The number of amides is 2. The van der Waals surface area contributed by atoms with Crippen molar-refractivity contribution in [1.29, 1.82) is 0 Å². The standard InChI is InChI=1S/C23H26FN3O3/c1-26(18-7-3-2-4-8-18)21-11-10-17(15-20(21)24)25-22(28)16-6-5-9-19(14-16)27-12-13-30-23(27)29/h5-6,9-11,14-15,18H,2-4,7-8,12-13H2,1H3,(H,25,28). The zero-order valence-corrected chi connectivity index (χ0v) is 17.1. The van der Waals surface area contributed by atoms with E-state index in [1.54, 1.807) is 36.4 Å². The van der Waals surface area contributed by atoms with Gasteiger partial charge in [-0.05, 0) is 49.2 Å². The molecule has 1 saturated heterocycles. The molecular formula is C23H26FN3O3. The SMILES string of the molecule is CN(c1ccc(NC(=O)c2cccc(N3CCOC3=O)c2)cc1F)C1CCCCC1. The van der Waals surface area contributed by atoms with Gasteiger partial charge in [0, 0.05) is 30.0 Å². The lowest BCUT2D eigenvalue weighted by Gasteiger charge is -2.33. The molecule has 2 amide bonds. The number of hydrogen-bond acceptors (Lipinski definition) is 4. The number of carbonyl (C=O) groups excluding carboxylic acids is 2. The highest BCUT2D eigenvalue weighted by atomic mass is 19.1. The lowest BCUT2D eigenvalue weighted by Crippen LogP contribution is -2.33. The number of ether oxygens (including phenoxy) is 1. The average Bonchev–Trinajstić information content (AvgIpc) is 3.20. The number of hydrogen-bond donors (Lipinski definition) is 1. The molecule has 0 aromatic heterocycles. The smallest absolute Gasteiger partial charge is 0.414 e. The van der Waals surface area contributed by atoms with E-state index < -0.39 is 6.09 Å². The number of nitrogens with one attached hydrogen (secondary N) is 1. The van der Waals surface area contributed by atoms with Gasteiger partial charge in [-0.25, -0.2) is 9.18 Å². The van der Waals surface area contributed by atoms with Gasteiger partial charge < -0.3 is 15.0 Å². The molecule has 4 rings (SSSR count). The van der Waals surface area contributed by atoms with E-state index in [0.29, 0.717) is 41.8 Å². The fourth-order valence-electron chi connectivity index (χ4n) is 4.18. The van der Waals surface area contributed by atoms with Crippen molar-refractivity contribution >= 4 is 29.1 Å². The maximum atomic E-state index is 14.8. The van der Waals surface area contributed by atoms with Crippen molar-refractivity contribution < 1.29 is 18.7 Å². The largest absolute Gasteiger partial charge is 0.447 e. The fourth-order valence-corrected chi connectivity index (χ4v) is 4.18. The molecule has 1 heterocycles. The van der Waals surface area contributed by atoms with Crippen molar-refractivity contribution in [3.05, 3.63) is 53.8 Å². The van der Waals surface area contributed by atoms with Crippen molar-refractivity contribution in [3.63, 3.8) is 0 Å². The second kappa shape index (κ2) is 8.73. The maximum Gasteiger partial charge on any atom is 0.414 e. The average molecular weight is 411 g/mol. The summed E-state index contributed by atoms with van der Waals surface area (Å²) in [6.07, 6.45) is 5.34. The van der Waals surface area contributed by atoms with Crippen molar-refractivity contribution in [1.82, 2.24) is 0 Å². The third-order valence-corrected chi connectivity index (χ3v) is 5.89. The molecule has 0 unspecified atom stereocenters. The first kappa shape index (κ1) is 20.2. The van der Waals surface area contributed by atoms with Crippen LogP contribution >= 0.6 is 0 Å². The Hall–Kier alpha value is -3.09. The molecule has 1 aliphatic carbocycles. The molecular weight excluding hydrogens is 385 g/mol. The van der Waals surface area contributed by atoms with Crippen LogP contribution in [0.2, 0.25) is 0 Å². The molecule has 1 aliphatic heterocycles. The molecule has 0 spiro atoms. The third kappa shape index (κ3) is 4.25. The monoisotopic (exact) mass is 411 g/mol. The molecule has 7 heteroatoms. The van der Waals surface area contributed by atoms with Crippen LogP contribution in [0.1, 0.15) is 42.5 Å². The van der Waals surface area contributed by atoms with Gasteiger partial charge in [0.15, 0.2) is 0 Å². The highest BCUT2D eigenvalue weighted by Gasteiger charge is 2.24.